The number of aliphatic hydroxyl groups is 5. The summed E-state index contributed by atoms with van der Waals surface area (Å²) in [6, 6.07) is 0. The van der Waals surface area contributed by atoms with Crippen LogP contribution in [-0.2, 0) is 32.7 Å². The molecule has 0 saturated heterocycles. The van der Waals surface area contributed by atoms with E-state index in [1.165, 1.54) is 70.6 Å². The minimum atomic E-state index is -5.13. The van der Waals surface area contributed by atoms with Crippen molar-refractivity contribution >= 4 is 19.8 Å². The molecule has 1 aliphatic rings. The zero-order chi connectivity index (χ0) is 47.8. The second-order valence-electron chi connectivity index (χ2n) is 17.3. The van der Waals surface area contributed by atoms with Crippen molar-refractivity contribution in [2.24, 2.45) is 0 Å². The highest BCUT2D eigenvalue weighted by molar-refractivity contribution is 7.47. The van der Waals surface area contributed by atoms with Gasteiger partial charge in [0.15, 0.2) is 6.10 Å². The Hall–Kier alpha value is -2.45. The highest BCUT2D eigenvalue weighted by Gasteiger charge is 2.51. The molecule has 0 bridgehead atoms. The number of carbonyl (C=O) groups is 2. The highest BCUT2D eigenvalue weighted by atomic mass is 31.2. The van der Waals surface area contributed by atoms with Gasteiger partial charge in [-0.05, 0) is 83.5 Å². The molecule has 6 N–H and O–H groups in total. The topological polar surface area (TPSA) is 210 Å². The fourth-order valence-electron chi connectivity index (χ4n) is 7.26. The third-order valence-electron chi connectivity index (χ3n) is 11.3. The van der Waals surface area contributed by atoms with Crippen molar-refractivity contribution < 1.29 is 63.1 Å². The van der Waals surface area contributed by atoms with Gasteiger partial charge in [0.25, 0.3) is 0 Å². The highest BCUT2D eigenvalue weighted by Crippen LogP contribution is 2.47. The van der Waals surface area contributed by atoms with E-state index in [-0.39, 0.29) is 12.8 Å². The van der Waals surface area contributed by atoms with Gasteiger partial charge in [0, 0.05) is 12.8 Å². The van der Waals surface area contributed by atoms with E-state index in [1.807, 2.05) is 0 Å². The van der Waals surface area contributed by atoms with Crippen LogP contribution in [0.3, 0.4) is 0 Å². The summed E-state index contributed by atoms with van der Waals surface area (Å²) < 4.78 is 33.6. The molecule has 0 spiro atoms. The lowest BCUT2D eigenvalue weighted by atomic mass is 9.85. The van der Waals surface area contributed by atoms with E-state index in [1.54, 1.807) is 0 Å². The molecule has 13 nitrogen and oxygen atoms in total. The third-order valence-corrected chi connectivity index (χ3v) is 12.3. The van der Waals surface area contributed by atoms with Crippen LogP contribution in [0.15, 0.2) is 60.8 Å². The summed E-state index contributed by atoms with van der Waals surface area (Å²) in [7, 11) is -5.13. The maximum absolute atomic E-state index is 12.8. The number of esters is 2. The van der Waals surface area contributed by atoms with E-state index in [0.29, 0.717) is 12.8 Å². The minimum Gasteiger partial charge on any atom is -0.462 e. The van der Waals surface area contributed by atoms with Gasteiger partial charge in [0.1, 0.15) is 43.2 Å². The van der Waals surface area contributed by atoms with Gasteiger partial charge in [-0.2, -0.15) is 0 Å². The molecule has 8 atom stereocenters. The summed E-state index contributed by atoms with van der Waals surface area (Å²) in [6.07, 6.45) is 36.9. The summed E-state index contributed by atoms with van der Waals surface area (Å²) in [5.41, 5.74) is 0. The normalized spacial score (nSPS) is 21.9. The Kier molecular flexibility index (Phi) is 37.8. The van der Waals surface area contributed by atoms with Crippen molar-refractivity contribution in [2.75, 3.05) is 13.2 Å². The predicted molar refractivity (Wildman–Crippen MR) is 258 cm³/mol. The van der Waals surface area contributed by atoms with Crippen LogP contribution in [-0.4, -0.2) is 98.3 Å². The van der Waals surface area contributed by atoms with E-state index < -0.39 is 75.7 Å². The Balaban J connectivity index is 2.44. The molecular weight excluding hydrogens is 852 g/mol. The molecule has 1 fully saturated rings. The second-order valence-corrected chi connectivity index (χ2v) is 18.7. The summed E-state index contributed by atoms with van der Waals surface area (Å²) in [5, 5.41) is 50.2. The van der Waals surface area contributed by atoms with Gasteiger partial charge < -0.3 is 39.9 Å². The zero-order valence-electron chi connectivity index (χ0n) is 40.0. The number of phosphoric acid groups is 1. The average molecular weight is 941 g/mol. The fraction of sp³-hybridized carbons (Fsp3) is 0.765. The standard InChI is InChI=1S/C51H89O13P/c1-3-5-7-9-11-13-15-17-19-21-22-24-25-27-29-31-33-35-37-39-44(52)61-41-43(42-62-65(59,60)64-51-49(57)47(55)46(54)48(56)50(51)58)63-45(53)40-38-36-34-32-30-28-26-23-20-18-16-14-12-10-8-6-4-2/h11-14,17-20,26,28,43,46-51,54-58H,3-10,15-16,21-25,27,29-42H2,1-2H3,(H,59,60)/b13-11-,14-12-,19-17-,20-18-,28-26-/t43-,46?,47-,48?,49?,50?,51?/m1/s1. The first kappa shape index (κ1) is 60.6. The number of unbranched alkanes of at least 4 members (excludes halogenated alkanes) is 19. The van der Waals surface area contributed by atoms with Crippen LogP contribution < -0.4 is 0 Å². The Morgan fingerprint density at radius 3 is 1.26 bits per heavy atom. The lowest BCUT2D eigenvalue weighted by Gasteiger charge is -2.41. The quantitative estimate of drug-likeness (QED) is 0.0146. The van der Waals surface area contributed by atoms with Gasteiger partial charge in [-0.1, -0.05) is 158 Å². The van der Waals surface area contributed by atoms with Crippen LogP contribution in [0.2, 0.25) is 0 Å². The molecule has 1 saturated carbocycles. The van der Waals surface area contributed by atoms with E-state index in [0.717, 1.165) is 83.5 Å². The van der Waals surface area contributed by atoms with Crippen molar-refractivity contribution in [3.8, 4) is 0 Å². The molecule has 0 amide bonds. The Morgan fingerprint density at radius 1 is 0.477 bits per heavy atom. The first-order valence-corrected chi connectivity index (χ1v) is 26.6. The van der Waals surface area contributed by atoms with Crippen molar-refractivity contribution in [2.45, 2.75) is 236 Å². The van der Waals surface area contributed by atoms with Crippen LogP contribution in [0, 0.1) is 0 Å². The van der Waals surface area contributed by atoms with Crippen molar-refractivity contribution in [3.05, 3.63) is 60.8 Å². The third kappa shape index (κ3) is 32.8. The number of phosphoric ester groups is 1. The maximum Gasteiger partial charge on any atom is 0.472 e. The fourth-order valence-corrected chi connectivity index (χ4v) is 8.24. The molecule has 0 aromatic heterocycles. The predicted octanol–water partition coefficient (Wildman–Crippen LogP) is 10.5. The molecule has 1 aliphatic carbocycles. The van der Waals surface area contributed by atoms with Crippen LogP contribution >= 0.6 is 7.82 Å². The molecule has 376 valence electrons. The Labute approximate surface area is 392 Å². The van der Waals surface area contributed by atoms with Gasteiger partial charge in [-0.25, -0.2) is 4.57 Å². The SMILES string of the molecule is CCCCC/C=C\C/C=C\C/C=C\CCCCCCC(=O)O[C@H](COC(=O)CCCCCCCCCCC/C=C\C/C=C\CCCCC)COP(=O)(O)OC1C(O)C(O)C(O)[C@@H](O)C1O. The van der Waals surface area contributed by atoms with Crippen LogP contribution in [0.1, 0.15) is 194 Å². The molecule has 0 radical (unpaired) electrons. The number of carbonyl (C=O) groups excluding carboxylic acids is 2. The van der Waals surface area contributed by atoms with Crippen molar-refractivity contribution in [3.63, 3.8) is 0 Å². The smallest absolute Gasteiger partial charge is 0.462 e. The van der Waals surface area contributed by atoms with Crippen molar-refractivity contribution in [1.82, 2.24) is 0 Å². The van der Waals surface area contributed by atoms with Gasteiger partial charge in [-0.15, -0.1) is 0 Å². The number of allylic oxidation sites excluding steroid dienone is 10. The second kappa shape index (κ2) is 40.6. The van der Waals surface area contributed by atoms with Gasteiger partial charge in [0.2, 0.25) is 0 Å². The number of aliphatic hydroxyl groups excluding tert-OH is 5. The van der Waals surface area contributed by atoms with Crippen LogP contribution in [0.4, 0.5) is 0 Å². The number of ether oxygens (including phenoxy) is 2. The Morgan fingerprint density at radius 2 is 0.831 bits per heavy atom. The summed E-state index contributed by atoms with van der Waals surface area (Å²) >= 11 is 0. The minimum absolute atomic E-state index is 0.0681. The molecule has 65 heavy (non-hydrogen) atoms. The molecule has 0 aromatic carbocycles. The van der Waals surface area contributed by atoms with Crippen LogP contribution in [0.25, 0.3) is 0 Å². The first-order valence-electron chi connectivity index (χ1n) is 25.1. The zero-order valence-corrected chi connectivity index (χ0v) is 40.9. The lowest BCUT2D eigenvalue weighted by molar-refractivity contribution is -0.220. The summed E-state index contributed by atoms with van der Waals surface area (Å²) in [4.78, 5) is 35.8. The van der Waals surface area contributed by atoms with E-state index >= 15 is 0 Å². The number of hydrogen-bond donors (Lipinski definition) is 6. The van der Waals surface area contributed by atoms with E-state index in [9.17, 15) is 44.6 Å². The maximum atomic E-state index is 12.8. The lowest BCUT2D eigenvalue weighted by Crippen LogP contribution is -2.64. The molecular formula is C51H89O13P. The number of hydrogen-bond acceptors (Lipinski definition) is 12. The molecule has 0 heterocycles. The van der Waals surface area contributed by atoms with Crippen LogP contribution in [0.5, 0.6) is 0 Å². The van der Waals surface area contributed by atoms with Gasteiger partial charge in [-0.3, -0.25) is 18.6 Å². The van der Waals surface area contributed by atoms with E-state index in [4.69, 9.17) is 18.5 Å². The molecule has 0 aromatic rings. The summed E-state index contributed by atoms with van der Waals surface area (Å²) in [6.45, 7) is 3.23. The van der Waals surface area contributed by atoms with Gasteiger partial charge in [0.05, 0.1) is 6.61 Å². The Bertz CT molecular complexity index is 1370. The monoisotopic (exact) mass is 941 g/mol. The number of rotatable bonds is 41. The van der Waals surface area contributed by atoms with Crippen molar-refractivity contribution in [1.29, 1.82) is 0 Å². The molecule has 1 rings (SSSR count). The average Bonchev–Trinajstić information content (AvgIpc) is 3.29. The molecule has 14 heteroatoms. The van der Waals surface area contributed by atoms with E-state index in [2.05, 4.69) is 74.6 Å². The van der Waals surface area contributed by atoms with Gasteiger partial charge >= 0.3 is 19.8 Å². The first-order chi connectivity index (χ1) is 31.4. The summed E-state index contributed by atoms with van der Waals surface area (Å²) in [5.74, 6) is -1.13. The molecule has 6 unspecified atom stereocenters. The molecule has 0 aliphatic heterocycles. The largest absolute Gasteiger partial charge is 0.472 e.